The molecule has 1 fully saturated rings. The van der Waals surface area contributed by atoms with Gasteiger partial charge in [0.25, 0.3) is 5.16 Å². The Labute approximate surface area is 125 Å². The van der Waals surface area contributed by atoms with Crippen LogP contribution in [-0.2, 0) is 14.6 Å². The summed E-state index contributed by atoms with van der Waals surface area (Å²) in [4.78, 5) is 12.2. The first-order valence-electron chi connectivity index (χ1n) is 7.14. The lowest BCUT2D eigenvalue weighted by atomic mass is 10.0. The van der Waals surface area contributed by atoms with Crippen LogP contribution in [0.15, 0.2) is 11.5 Å². The molecule has 1 atom stereocenters. The molecule has 0 aromatic carbocycles. The van der Waals surface area contributed by atoms with E-state index in [-0.39, 0.29) is 11.2 Å². The van der Waals surface area contributed by atoms with Gasteiger partial charge < -0.3 is 9.88 Å². The molecule has 0 spiro atoms. The molecule has 7 nitrogen and oxygen atoms in total. The van der Waals surface area contributed by atoms with Crippen molar-refractivity contribution in [3.8, 4) is 0 Å². The van der Waals surface area contributed by atoms with E-state index in [9.17, 15) is 13.2 Å². The van der Waals surface area contributed by atoms with Crippen molar-refractivity contribution in [2.45, 2.75) is 68.9 Å². The fourth-order valence-corrected chi connectivity index (χ4v) is 3.17. The van der Waals surface area contributed by atoms with Gasteiger partial charge >= 0.3 is 0 Å². The van der Waals surface area contributed by atoms with Gasteiger partial charge in [-0.3, -0.25) is 4.79 Å². The lowest BCUT2D eigenvalue weighted by molar-refractivity contribution is -0.122. The Morgan fingerprint density at radius 2 is 2.14 bits per heavy atom. The molecule has 1 aliphatic carbocycles. The van der Waals surface area contributed by atoms with Crippen LogP contribution in [0.1, 0.15) is 53.0 Å². The molecule has 0 radical (unpaired) electrons. The lowest BCUT2D eigenvalue weighted by Gasteiger charge is -2.26. The maximum atomic E-state index is 12.6. The second kappa shape index (κ2) is 5.40. The van der Waals surface area contributed by atoms with Gasteiger partial charge in [-0.15, -0.1) is 10.2 Å². The molecule has 1 N–H and O–H groups in total. The van der Waals surface area contributed by atoms with Crippen molar-refractivity contribution in [2.24, 2.45) is 0 Å². The summed E-state index contributed by atoms with van der Waals surface area (Å²) in [6, 6.07) is 0.145. The summed E-state index contributed by atoms with van der Waals surface area (Å²) in [5, 5.41) is 8.86. The minimum absolute atomic E-state index is 0.109. The van der Waals surface area contributed by atoms with E-state index < -0.39 is 26.5 Å². The fourth-order valence-electron chi connectivity index (χ4n) is 1.86. The minimum Gasteiger partial charge on any atom is -0.350 e. The number of hydrogen-bond acceptors (Lipinski definition) is 5. The highest BCUT2D eigenvalue weighted by molar-refractivity contribution is 7.92. The molecule has 1 aromatic heterocycles. The van der Waals surface area contributed by atoms with Gasteiger partial charge in [0.2, 0.25) is 15.7 Å². The van der Waals surface area contributed by atoms with Crippen LogP contribution in [0.3, 0.4) is 0 Å². The molecule has 1 amide bonds. The van der Waals surface area contributed by atoms with Crippen LogP contribution in [0.25, 0.3) is 0 Å². The summed E-state index contributed by atoms with van der Waals surface area (Å²) in [6.07, 6.45) is 3.98. The number of carbonyl (C=O) groups is 1. The van der Waals surface area contributed by atoms with Crippen molar-refractivity contribution >= 4 is 15.7 Å². The van der Waals surface area contributed by atoms with Crippen molar-refractivity contribution in [1.29, 1.82) is 0 Å². The zero-order valence-electron chi connectivity index (χ0n) is 12.8. The summed E-state index contributed by atoms with van der Waals surface area (Å²) in [6.45, 7) is 7.04. The first-order chi connectivity index (χ1) is 9.69. The number of amides is 1. The molecule has 1 unspecified atom stereocenters. The van der Waals surface area contributed by atoms with Crippen molar-refractivity contribution in [2.75, 3.05) is 0 Å². The van der Waals surface area contributed by atoms with Crippen molar-refractivity contribution in [1.82, 2.24) is 20.1 Å². The Kier molecular flexibility index (Phi) is 4.10. The molecular formula is C13H22N4O3S. The van der Waals surface area contributed by atoms with E-state index in [1.807, 2.05) is 20.8 Å². The number of hydrogen-bond donors (Lipinski definition) is 1. The van der Waals surface area contributed by atoms with E-state index >= 15 is 0 Å². The Morgan fingerprint density at radius 3 is 2.67 bits per heavy atom. The van der Waals surface area contributed by atoms with Gasteiger partial charge in [-0.1, -0.05) is 6.92 Å². The van der Waals surface area contributed by atoms with Crippen LogP contribution < -0.4 is 5.32 Å². The highest BCUT2D eigenvalue weighted by Gasteiger charge is 2.38. The largest absolute Gasteiger partial charge is 0.350 e. The quantitative estimate of drug-likeness (QED) is 0.848. The highest BCUT2D eigenvalue weighted by Crippen LogP contribution is 2.36. The molecular weight excluding hydrogens is 292 g/mol. The molecule has 118 valence electrons. The standard InChI is InChI=1S/C13H22N4O3S/c1-5-13(3,4)15-11(18)9(2)21(19,20)12-16-14-8-17(12)10-6-7-10/h8-10H,5-7H2,1-4H3,(H,15,18). The maximum Gasteiger partial charge on any atom is 0.250 e. The molecule has 0 aliphatic heterocycles. The first kappa shape index (κ1) is 15.9. The van der Waals surface area contributed by atoms with E-state index in [0.717, 1.165) is 12.8 Å². The van der Waals surface area contributed by atoms with E-state index in [0.29, 0.717) is 6.42 Å². The summed E-state index contributed by atoms with van der Waals surface area (Å²) < 4.78 is 26.7. The maximum absolute atomic E-state index is 12.6. The van der Waals surface area contributed by atoms with Crippen LogP contribution in [0, 0.1) is 0 Å². The monoisotopic (exact) mass is 314 g/mol. The van der Waals surface area contributed by atoms with Crippen LogP contribution in [-0.4, -0.2) is 39.9 Å². The third kappa shape index (κ3) is 3.25. The zero-order chi connectivity index (χ0) is 15.8. The summed E-state index contributed by atoms with van der Waals surface area (Å²) in [5.74, 6) is -0.507. The van der Waals surface area contributed by atoms with Gasteiger partial charge in [0.15, 0.2) is 0 Å². The number of carbonyl (C=O) groups excluding carboxylic acids is 1. The fraction of sp³-hybridized carbons (Fsp3) is 0.769. The molecule has 1 aliphatic rings. The Hall–Kier alpha value is -1.44. The topological polar surface area (TPSA) is 93.9 Å². The Bertz CT molecular complexity index is 632. The minimum atomic E-state index is -3.83. The zero-order valence-corrected chi connectivity index (χ0v) is 13.6. The van der Waals surface area contributed by atoms with Crippen molar-refractivity contribution in [3.05, 3.63) is 6.33 Å². The van der Waals surface area contributed by atoms with Gasteiger partial charge in [-0.25, -0.2) is 8.42 Å². The number of nitrogens with zero attached hydrogens (tertiary/aromatic N) is 3. The van der Waals surface area contributed by atoms with Crippen molar-refractivity contribution in [3.63, 3.8) is 0 Å². The number of aromatic nitrogens is 3. The molecule has 0 saturated heterocycles. The average molecular weight is 314 g/mol. The summed E-state index contributed by atoms with van der Waals surface area (Å²) in [5.41, 5.74) is -0.439. The van der Waals surface area contributed by atoms with E-state index in [4.69, 9.17) is 0 Å². The van der Waals surface area contributed by atoms with Gasteiger partial charge in [0, 0.05) is 11.6 Å². The van der Waals surface area contributed by atoms with E-state index in [2.05, 4.69) is 15.5 Å². The molecule has 1 aromatic rings. The highest BCUT2D eigenvalue weighted by atomic mass is 32.2. The van der Waals surface area contributed by atoms with Gasteiger partial charge in [0.05, 0.1) is 0 Å². The lowest BCUT2D eigenvalue weighted by Crippen LogP contribution is -2.48. The molecule has 0 bridgehead atoms. The number of rotatable bonds is 6. The average Bonchev–Trinajstić information content (AvgIpc) is 3.14. The van der Waals surface area contributed by atoms with E-state index in [1.165, 1.54) is 13.3 Å². The second-order valence-electron chi connectivity index (χ2n) is 6.17. The summed E-state index contributed by atoms with van der Waals surface area (Å²) >= 11 is 0. The van der Waals surface area contributed by atoms with Gasteiger partial charge in [0.1, 0.15) is 11.6 Å². The SMILES string of the molecule is CCC(C)(C)NC(=O)C(C)S(=O)(=O)c1nncn1C1CC1. The first-order valence-corrected chi connectivity index (χ1v) is 8.69. The smallest absolute Gasteiger partial charge is 0.250 e. The van der Waals surface area contributed by atoms with Gasteiger partial charge in [-0.05, 0) is 40.0 Å². The normalized spacial score (nSPS) is 17.5. The molecule has 21 heavy (non-hydrogen) atoms. The van der Waals surface area contributed by atoms with Gasteiger partial charge in [-0.2, -0.15) is 0 Å². The second-order valence-corrected chi connectivity index (χ2v) is 8.33. The molecule has 2 rings (SSSR count). The predicted octanol–water partition coefficient (Wildman–Crippen LogP) is 1.08. The van der Waals surface area contributed by atoms with E-state index in [1.54, 1.807) is 4.57 Å². The molecule has 1 saturated carbocycles. The third-order valence-electron chi connectivity index (χ3n) is 3.92. The molecule has 1 heterocycles. The number of nitrogens with one attached hydrogen (secondary N) is 1. The van der Waals surface area contributed by atoms with Crippen molar-refractivity contribution < 1.29 is 13.2 Å². The molecule has 8 heteroatoms. The van der Waals surface area contributed by atoms with Crippen LogP contribution >= 0.6 is 0 Å². The van der Waals surface area contributed by atoms with Crippen LogP contribution in [0.4, 0.5) is 0 Å². The Morgan fingerprint density at radius 1 is 1.52 bits per heavy atom. The predicted molar refractivity (Wildman–Crippen MR) is 77.5 cm³/mol. The third-order valence-corrected chi connectivity index (χ3v) is 5.86. The Balaban J connectivity index is 2.22. The van der Waals surface area contributed by atoms with Crippen LogP contribution in [0.5, 0.6) is 0 Å². The number of sulfone groups is 1. The van der Waals surface area contributed by atoms with Crippen LogP contribution in [0.2, 0.25) is 0 Å². The summed E-state index contributed by atoms with van der Waals surface area (Å²) in [7, 11) is -3.83.